The van der Waals surface area contributed by atoms with Gasteiger partial charge >= 0.3 is 6.09 Å². The molecule has 1 aliphatic rings. The number of nitrogens with zero attached hydrogens (tertiary/aromatic N) is 1. The lowest BCUT2D eigenvalue weighted by molar-refractivity contribution is 0.144. The average Bonchev–Trinajstić information content (AvgIpc) is 2.74. The van der Waals surface area contributed by atoms with E-state index in [2.05, 4.69) is 30.4 Å². The zero-order valence-corrected chi connectivity index (χ0v) is 15.9. The SMILES string of the molecule is C[C@H]1C[C@H](Nc2ccccc2)c2ccccc2N1C(=O)OCc1ccccc1. The lowest BCUT2D eigenvalue weighted by Crippen LogP contribution is -2.44. The van der Waals surface area contributed by atoms with Gasteiger partial charge in [0.05, 0.1) is 11.7 Å². The normalized spacial score (nSPS) is 18.2. The number of fused-ring (bicyclic) bond motifs is 1. The Balaban J connectivity index is 1.54. The molecule has 3 aromatic rings. The molecule has 0 saturated heterocycles. The molecule has 3 aromatic carbocycles. The van der Waals surface area contributed by atoms with E-state index in [1.807, 2.05) is 66.7 Å². The van der Waals surface area contributed by atoms with Crippen molar-refractivity contribution in [3.8, 4) is 0 Å². The third-order valence-electron chi connectivity index (χ3n) is 5.11. The molecular formula is C24H24N2O2. The maximum absolute atomic E-state index is 12.9. The van der Waals surface area contributed by atoms with E-state index in [1.165, 1.54) is 0 Å². The highest BCUT2D eigenvalue weighted by atomic mass is 16.6. The molecule has 4 heteroatoms. The number of carbonyl (C=O) groups excluding carboxylic acids is 1. The molecule has 4 rings (SSSR count). The van der Waals surface area contributed by atoms with E-state index < -0.39 is 0 Å². The summed E-state index contributed by atoms with van der Waals surface area (Å²) in [4.78, 5) is 14.7. The van der Waals surface area contributed by atoms with Gasteiger partial charge in [0, 0.05) is 11.7 Å². The summed E-state index contributed by atoms with van der Waals surface area (Å²) in [5.41, 5.74) is 4.08. The topological polar surface area (TPSA) is 41.6 Å². The number of benzene rings is 3. The summed E-state index contributed by atoms with van der Waals surface area (Å²) in [6.45, 7) is 2.34. The van der Waals surface area contributed by atoms with Crippen LogP contribution in [0.5, 0.6) is 0 Å². The Hall–Kier alpha value is -3.27. The van der Waals surface area contributed by atoms with Gasteiger partial charge in [0.15, 0.2) is 0 Å². The Kier molecular flexibility index (Phi) is 5.29. The molecule has 4 nitrogen and oxygen atoms in total. The Bertz CT molecular complexity index is 928. The summed E-state index contributed by atoms with van der Waals surface area (Å²) in [5, 5.41) is 3.61. The standard InChI is InChI=1S/C24H24N2O2/c1-18-16-22(25-20-12-6-3-7-13-20)21-14-8-9-15-23(21)26(18)24(27)28-17-19-10-4-2-5-11-19/h2-15,18,22,25H,16-17H2,1H3/t18-,22-/m0/s1. The van der Waals surface area contributed by atoms with E-state index in [9.17, 15) is 4.79 Å². The number of amides is 1. The quantitative estimate of drug-likeness (QED) is 0.632. The maximum atomic E-state index is 12.9. The van der Waals surface area contributed by atoms with Crippen molar-refractivity contribution >= 4 is 17.5 Å². The van der Waals surface area contributed by atoms with Crippen LogP contribution in [0.4, 0.5) is 16.2 Å². The lowest BCUT2D eigenvalue weighted by Gasteiger charge is -2.39. The van der Waals surface area contributed by atoms with Crippen LogP contribution in [0.15, 0.2) is 84.9 Å². The van der Waals surface area contributed by atoms with Crippen LogP contribution in [-0.2, 0) is 11.3 Å². The molecule has 0 aromatic heterocycles. The molecule has 1 aliphatic heterocycles. The molecule has 0 fully saturated rings. The number of nitrogens with one attached hydrogen (secondary N) is 1. The molecule has 28 heavy (non-hydrogen) atoms. The van der Waals surface area contributed by atoms with E-state index in [0.29, 0.717) is 0 Å². The van der Waals surface area contributed by atoms with E-state index >= 15 is 0 Å². The fourth-order valence-electron chi connectivity index (χ4n) is 3.75. The predicted molar refractivity (Wildman–Crippen MR) is 112 cm³/mol. The largest absolute Gasteiger partial charge is 0.444 e. The molecular weight excluding hydrogens is 348 g/mol. The van der Waals surface area contributed by atoms with E-state index in [4.69, 9.17) is 4.74 Å². The second-order valence-electron chi connectivity index (χ2n) is 7.12. The number of hydrogen-bond acceptors (Lipinski definition) is 3. The Labute approximate surface area is 165 Å². The molecule has 1 amide bonds. The molecule has 0 saturated carbocycles. The van der Waals surface area contributed by atoms with Crippen molar-refractivity contribution in [3.05, 3.63) is 96.1 Å². The summed E-state index contributed by atoms with van der Waals surface area (Å²) in [6, 6.07) is 28.2. The van der Waals surface area contributed by atoms with Gasteiger partial charge in [-0.3, -0.25) is 4.90 Å². The minimum Gasteiger partial charge on any atom is -0.444 e. The molecule has 0 aliphatic carbocycles. The van der Waals surface area contributed by atoms with Gasteiger partial charge in [-0.25, -0.2) is 4.79 Å². The summed E-state index contributed by atoms with van der Waals surface area (Å²) in [7, 11) is 0. The number of para-hydroxylation sites is 2. The maximum Gasteiger partial charge on any atom is 0.414 e. The van der Waals surface area contributed by atoms with Crippen molar-refractivity contribution in [2.45, 2.75) is 32.0 Å². The first-order chi connectivity index (χ1) is 13.7. The van der Waals surface area contributed by atoms with Crippen molar-refractivity contribution in [2.75, 3.05) is 10.2 Å². The highest BCUT2D eigenvalue weighted by Crippen LogP contribution is 2.39. The summed E-state index contributed by atoms with van der Waals surface area (Å²) >= 11 is 0. The van der Waals surface area contributed by atoms with Gasteiger partial charge in [0.25, 0.3) is 0 Å². The van der Waals surface area contributed by atoms with Gasteiger partial charge < -0.3 is 10.1 Å². The van der Waals surface area contributed by atoms with Crippen molar-refractivity contribution in [3.63, 3.8) is 0 Å². The molecule has 0 radical (unpaired) electrons. The van der Waals surface area contributed by atoms with Crippen LogP contribution in [-0.4, -0.2) is 12.1 Å². The molecule has 0 spiro atoms. The van der Waals surface area contributed by atoms with Crippen LogP contribution in [0.25, 0.3) is 0 Å². The number of carbonyl (C=O) groups is 1. The van der Waals surface area contributed by atoms with E-state index in [1.54, 1.807) is 4.90 Å². The van der Waals surface area contributed by atoms with Crippen LogP contribution >= 0.6 is 0 Å². The number of hydrogen-bond donors (Lipinski definition) is 1. The molecule has 142 valence electrons. The zero-order chi connectivity index (χ0) is 19.3. The minimum absolute atomic E-state index is 0.0272. The van der Waals surface area contributed by atoms with Gasteiger partial charge in [0.1, 0.15) is 6.61 Å². The second kappa shape index (κ2) is 8.17. The Morgan fingerprint density at radius 1 is 0.964 bits per heavy atom. The van der Waals surface area contributed by atoms with Crippen molar-refractivity contribution in [1.82, 2.24) is 0 Å². The predicted octanol–water partition coefficient (Wildman–Crippen LogP) is 5.78. The van der Waals surface area contributed by atoms with Crippen molar-refractivity contribution < 1.29 is 9.53 Å². The van der Waals surface area contributed by atoms with Crippen LogP contribution in [0.2, 0.25) is 0 Å². The first kappa shape index (κ1) is 18.1. The van der Waals surface area contributed by atoms with Crippen LogP contribution < -0.4 is 10.2 Å². The highest BCUT2D eigenvalue weighted by Gasteiger charge is 2.34. The third kappa shape index (κ3) is 3.86. The monoisotopic (exact) mass is 372 g/mol. The fourth-order valence-corrected chi connectivity index (χ4v) is 3.75. The van der Waals surface area contributed by atoms with Gasteiger partial charge in [0.2, 0.25) is 0 Å². The molecule has 1 heterocycles. The number of ether oxygens (including phenoxy) is 1. The lowest BCUT2D eigenvalue weighted by atomic mass is 9.92. The third-order valence-corrected chi connectivity index (χ3v) is 5.11. The molecule has 0 bridgehead atoms. The van der Waals surface area contributed by atoms with Crippen molar-refractivity contribution in [1.29, 1.82) is 0 Å². The molecule has 0 unspecified atom stereocenters. The van der Waals surface area contributed by atoms with Crippen LogP contribution in [0.1, 0.15) is 30.5 Å². The fraction of sp³-hybridized carbons (Fsp3) is 0.208. The van der Waals surface area contributed by atoms with Crippen LogP contribution in [0, 0.1) is 0 Å². The summed E-state index contributed by atoms with van der Waals surface area (Å²) < 4.78 is 5.61. The van der Waals surface area contributed by atoms with Crippen LogP contribution in [0.3, 0.4) is 0 Å². The first-order valence-electron chi connectivity index (χ1n) is 9.63. The number of anilines is 2. The Morgan fingerprint density at radius 3 is 2.36 bits per heavy atom. The summed E-state index contributed by atoms with van der Waals surface area (Å²) in [5.74, 6) is 0. The average molecular weight is 372 g/mol. The first-order valence-corrected chi connectivity index (χ1v) is 9.63. The van der Waals surface area contributed by atoms with E-state index in [0.717, 1.165) is 28.9 Å². The Morgan fingerprint density at radius 2 is 1.61 bits per heavy atom. The van der Waals surface area contributed by atoms with E-state index in [-0.39, 0.29) is 24.8 Å². The van der Waals surface area contributed by atoms with Gasteiger partial charge in [-0.1, -0.05) is 66.7 Å². The molecule has 2 atom stereocenters. The smallest absolute Gasteiger partial charge is 0.414 e. The highest BCUT2D eigenvalue weighted by molar-refractivity contribution is 5.90. The number of rotatable bonds is 4. The molecule has 1 N–H and O–H groups in total. The zero-order valence-electron chi connectivity index (χ0n) is 15.9. The summed E-state index contributed by atoms with van der Waals surface area (Å²) in [6.07, 6.45) is 0.508. The van der Waals surface area contributed by atoms with Gasteiger partial charge in [-0.2, -0.15) is 0 Å². The minimum atomic E-state index is -0.304. The second-order valence-corrected chi connectivity index (χ2v) is 7.12. The van der Waals surface area contributed by atoms with Gasteiger partial charge in [-0.05, 0) is 42.7 Å². The van der Waals surface area contributed by atoms with Crippen molar-refractivity contribution in [2.24, 2.45) is 0 Å². The van der Waals surface area contributed by atoms with Gasteiger partial charge in [-0.15, -0.1) is 0 Å².